The summed E-state index contributed by atoms with van der Waals surface area (Å²) in [5.41, 5.74) is -1.70. The van der Waals surface area contributed by atoms with Crippen molar-refractivity contribution >= 4 is 29.5 Å². The molecule has 0 aromatic rings. The van der Waals surface area contributed by atoms with Gasteiger partial charge in [0.1, 0.15) is 6.10 Å². The normalized spacial score (nSPS) is 39.5. The van der Waals surface area contributed by atoms with E-state index in [1.54, 1.807) is 12.2 Å². The Labute approximate surface area is 205 Å². The molecule has 0 spiro atoms. The Kier molecular flexibility index (Phi) is 6.31. The SMILES string of the molecule is CC(=O)OCC(=O)[C@@]1(OC(C)=O)CC[C@@H]2[C@@H]3CCC4=CC(=O)C=C[C@]4(C)[C@H]3[C@@H](OC(C)=O)C[C@@]21C. The van der Waals surface area contributed by atoms with Crippen molar-refractivity contribution in [1.29, 1.82) is 0 Å². The third-order valence-corrected chi connectivity index (χ3v) is 9.09. The minimum Gasteiger partial charge on any atom is -0.462 e. The van der Waals surface area contributed by atoms with E-state index in [1.807, 2.05) is 13.0 Å². The molecule has 8 heteroatoms. The van der Waals surface area contributed by atoms with Crippen LogP contribution >= 0.6 is 0 Å². The molecule has 0 bridgehead atoms. The summed E-state index contributed by atoms with van der Waals surface area (Å²) in [5.74, 6) is -2.05. The summed E-state index contributed by atoms with van der Waals surface area (Å²) in [6.45, 7) is 7.42. The lowest BCUT2D eigenvalue weighted by Gasteiger charge is -2.60. The summed E-state index contributed by atoms with van der Waals surface area (Å²) in [6.07, 6.45) is 7.50. The molecule has 3 saturated carbocycles. The van der Waals surface area contributed by atoms with Crippen LogP contribution in [0.4, 0.5) is 0 Å². The van der Waals surface area contributed by atoms with E-state index in [9.17, 15) is 24.0 Å². The highest BCUT2D eigenvalue weighted by Crippen LogP contribution is 2.68. The Hall–Kier alpha value is -2.77. The van der Waals surface area contributed by atoms with E-state index in [0.717, 1.165) is 18.4 Å². The third-order valence-electron chi connectivity index (χ3n) is 9.09. The van der Waals surface area contributed by atoms with Crippen molar-refractivity contribution in [2.45, 2.75) is 78.4 Å². The zero-order valence-electron chi connectivity index (χ0n) is 21.1. The number of Topliss-reactive ketones (excluding diaryl/α,β-unsaturated/α-hetero) is 1. The van der Waals surface area contributed by atoms with Crippen LogP contribution in [-0.4, -0.2) is 47.8 Å². The average molecular weight is 487 g/mol. The number of fused-ring (bicyclic) bond motifs is 5. The van der Waals surface area contributed by atoms with Crippen molar-refractivity contribution in [1.82, 2.24) is 0 Å². The van der Waals surface area contributed by atoms with Crippen LogP contribution in [0.5, 0.6) is 0 Å². The van der Waals surface area contributed by atoms with Crippen LogP contribution in [0.2, 0.25) is 0 Å². The zero-order valence-corrected chi connectivity index (χ0v) is 21.1. The zero-order chi connectivity index (χ0) is 25.8. The molecule has 0 aliphatic heterocycles. The molecule has 0 aromatic carbocycles. The first-order valence-electron chi connectivity index (χ1n) is 12.3. The molecule has 190 valence electrons. The summed E-state index contributed by atoms with van der Waals surface area (Å²) in [5, 5.41) is 0. The van der Waals surface area contributed by atoms with Crippen molar-refractivity contribution in [3.63, 3.8) is 0 Å². The fourth-order valence-electron chi connectivity index (χ4n) is 7.81. The second kappa shape index (κ2) is 8.71. The molecule has 4 aliphatic rings. The first kappa shape index (κ1) is 25.3. The van der Waals surface area contributed by atoms with E-state index in [0.29, 0.717) is 19.3 Å². The molecule has 0 heterocycles. The molecule has 3 fully saturated rings. The van der Waals surface area contributed by atoms with Crippen molar-refractivity contribution < 1.29 is 38.2 Å². The van der Waals surface area contributed by atoms with Gasteiger partial charge in [0.25, 0.3) is 0 Å². The van der Waals surface area contributed by atoms with Crippen molar-refractivity contribution in [3.05, 3.63) is 23.8 Å². The number of ketones is 2. The summed E-state index contributed by atoms with van der Waals surface area (Å²) in [6, 6.07) is 0. The molecule has 35 heavy (non-hydrogen) atoms. The smallest absolute Gasteiger partial charge is 0.303 e. The second-order valence-corrected chi connectivity index (χ2v) is 11.0. The lowest BCUT2D eigenvalue weighted by molar-refractivity contribution is -0.205. The van der Waals surface area contributed by atoms with E-state index in [4.69, 9.17) is 14.2 Å². The summed E-state index contributed by atoms with van der Waals surface area (Å²) in [4.78, 5) is 61.6. The van der Waals surface area contributed by atoms with Crippen LogP contribution < -0.4 is 0 Å². The number of rotatable bonds is 5. The molecule has 0 unspecified atom stereocenters. The number of hydrogen-bond acceptors (Lipinski definition) is 8. The van der Waals surface area contributed by atoms with Gasteiger partial charge < -0.3 is 14.2 Å². The largest absolute Gasteiger partial charge is 0.462 e. The minimum absolute atomic E-state index is 0.0179. The van der Waals surface area contributed by atoms with Crippen molar-refractivity contribution in [3.8, 4) is 0 Å². The van der Waals surface area contributed by atoms with E-state index in [-0.39, 0.29) is 23.5 Å². The van der Waals surface area contributed by atoms with Gasteiger partial charge in [-0.15, -0.1) is 0 Å². The molecule has 4 aliphatic carbocycles. The Morgan fingerprint density at radius 1 is 1.03 bits per heavy atom. The number of allylic oxidation sites excluding steroid dienone is 4. The van der Waals surface area contributed by atoms with E-state index in [1.165, 1.54) is 20.8 Å². The van der Waals surface area contributed by atoms with E-state index in [2.05, 4.69) is 6.92 Å². The molecule has 0 saturated heterocycles. The topological polar surface area (TPSA) is 113 Å². The maximum atomic E-state index is 13.6. The first-order valence-corrected chi connectivity index (χ1v) is 12.3. The van der Waals surface area contributed by atoms with E-state index < -0.39 is 52.8 Å². The fourth-order valence-corrected chi connectivity index (χ4v) is 7.81. The van der Waals surface area contributed by atoms with Gasteiger partial charge in [0.15, 0.2) is 18.0 Å². The van der Waals surface area contributed by atoms with Gasteiger partial charge in [-0.2, -0.15) is 0 Å². The van der Waals surface area contributed by atoms with Crippen LogP contribution in [0.25, 0.3) is 0 Å². The number of carbonyl (C=O) groups is 5. The molecular weight excluding hydrogens is 452 g/mol. The van der Waals surface area contributed by atoms with Crippen molar-refractivity contribution in [2.75, 3.05) is 6.61 Å². The van der Waals surface area contributed by atoms with Gasteiger partial charge in [0.05, 0.1) is 0 Å². The first-order chi connectivity index (χ1) is 16.3. The molecule has 0 amide bonds. The molecule has 0 aromatic heterocycles. The maximum Gasteiger partial charge on any atom is 0.303 e. The fraction of sp³-hybridized carbons (Fsp3) is 0.667. The van der Waals surface area contributed by atoms with Gasteiger partial charge in [-0.1, -0.05) is 25.5 Å². The Morgan fingerprint density at radius 2 is 1.74 bits per heavy atom. The highest BCUT2D eigenvalue weighted by molar-refractivity contribution is 6.01. The van der Waals surface area contributed by atoms with E-state index >= 15 is 0 Å². The summed E-state index contributed by atoms with van der Waals surface area (Å²) in [7, 11) is 0. The Morgan fingerprint density at radius 3 is 2.37 bits per heavy atom. The molecule has 0 N–H and O–H groups in total. The lowest BCUT2D eigenvalue weighted by atomic mass is 9.46. The van der Waals surface area contributed by atoms with Gasteiger partial charge in [-0.3, -0.25) is 24.0 Å². The summed E-state index contributed by atoms with van der Waals surface area (Å²) < 4.78 is 16.8. The Balaban J connectivity index is 1.80. The van der Waals surface area contributed by atoms with Gasteiger partial charge in [0, 0.05) is 37.5 Å². The van der Waals surface area contributed by atoms with Crippen LogP contribution in [0.3, 0.4) is 0 Å². The highest BCUT2D eigenvalue weighted by atomic mass is 16.6. The van der Waals surface area contributed by atoms with Gasteiger partial charge >= 0.3 is 17.9 Å². The monoisotopic (exact) mass is 486 g/mol. The summed E-state index contributed by atoms with van der Waals surface area (Å²) >= 11 is 0. The highest BCUT2D eigenvalue weighted by Gasteiger charge is 2.71. The lowest BCUT2D eigenvalue weighted by Crippen LogP contribution is -2.63. The van der Waals surface area contributed by atoms with Gasteiger partial charge in [0.2, 0.25) is 5.78 Å². The average Bonchev–Trinajstić information content (AvgIpc) is 3.04. The molecule has 0 radical (unpaired) electrons. The molecule has 8 nitrogen and oxygen atoms in total. The van der Waals surface area contributed by atoms with Crippen molar-refractivity contribution in [2.24, 2.45) is 28.6 Å². The molecule has 4 rings (SSSR count). The molecular formula is C27H34O8. The number of ether oxygens (including phenoxy) is 3. The van der Waals surface area contributed by atoms with Crippen LogP contribution in [0, 0.1) is 28.6 Å². The number of carbonyl (C=O) groups excluding carboxylic acids is 5. The minimum atomic E-state index is -1.47. The maximum absolute atomic E-state index is 13.6. The number of esters is 3. The predicted octanol–water partition coefficient (Wildman–Crippen LogP) is 3.27. The second-order valence-electron chi connectivity index (χ2n) is 11.0. The molecule has 7 atom stereocenters. The predicted molar refractivity (Wildman–Crippen MR) is 124 cm³/mol. The Bertz CT molecular complexity index is 1040. The number of hydrogen-bond donors (Lipinski definition) is 0. The quantitative estimate of drug-likeness (QED) is 0.430. The van der Waals surface area contributed by atoms with Gasteiger partial charge in [-0.05, 0) is 56.1 Å². The van der Waals surface area contributed by atoms with Crippen LogP contribution in [0.1, 0.15) is 66.7 Å². The third kappa shape index (κ3) is 3.95. The standard InChI is InChI=1S/C27H34O8/c1-15(28)33-14-23(32)27(35-17(3)30)11-9-21-20-7-6-18-12-19(31)8-10-25(18,4)24(20)22(34-16(2)29)13-26(21,27)5/h8,10,12,20-22,24H,6-7,9,11,13-14H2,1-5H3/t20-,21+,22-,24+,25-,26-,27-/m0/s1. The van der Waals surface area contributed by atoms with Crippen LogP contribution in [0.15, 0.2) is 23.8 Å². The van der Waals surface area contributed by atoms with Crippen LogP contribution in [-0.2, 0) is 38.2 Å². The van der Waals surface area contributed by atoms with Gasteiger partial charge in [-0.25, -0.2) is 0 Å².